The molecular formula is C13H28N2. The highest BCUT2D eigenvalue weighted by atomic mass is 15.2. The summed E-state index contributed by atoms with van der Waals surface area (Å²) in [7, 11) is 2.30. The van der Waals surface area contributed by atoms with E-state index in [4.69, 9.17) is 0 Å². The van der Waals surface area contributed by atoms with Gasteiger partial charge in [0.15, 0.2) is 0 Å². The van der Waals surface area contributed by atoms with Gasteiger partial charge >= 0.3 is 0 Å². The molecule has 2 unspecified atom stereocenters. The van der Waals surface area contributed by atoms with Crippen molar-refractivity contribution in [2.45, 2.75) is 64.5 Å². The van der Waals surface area contributed by atoms with Crippen LogP contribution in [0.1, 0.15) is 52.4 Å². The van der Waals surface area contributed by atoms with Gasteiger partial charge in [-0.05, 0) is 39.8 Å². The van der Waals surface area contributed by atoms with Gasteiger partial charge in [0.25, 0.3) is 0 Å². The van der Waals surface area contributed by atoms with Gasteiger partial charge in [-0.1, -0.05) is 26.2 Å². The normalized spacial score (nSPS) is 24.4. The Morgan fingerprint density at radius 2 is 2.20 bits per heavy atom. The van der Waals surface area contributed by atoms with Crippen LogP contribution in [-0.2, 0) is 0 Å². The zero-order valence-electron chi connectivity index (χ0n) is 10.8. The first-order chi connectivity index (χ1) is 7.25. The van der Waals surface area contributed by atoms with Crippen molar-refractivity contribution in [3.63, 3.8) is 0 Å². The summed E-state index contributed by atoms with van der Waals surface area (Å²) in [6, 6.07) is 1.52. The largest absolute Gasteiger partial charge is 0.315 e. The fraction of sp³-hybridized carbons (Fsp3) is 1.00. The molecule has 0 spiro atoms. The van der Waals surface area contributed by atoms with Gasteiger partial charge in [0, 0.05) is 18.6 Å². The van der Waals surface area contributed by atoms with Crippen molar-refractivity contribution >= 4 is 0 Å². The van der Waals surface area contributed by atoms with Crippen molar-refractivity contribution in [3.05, 3.63) is 0 Å². The number of piperidine rings is 1. The Kier molecular flexibility index (Phi) is 6.26. The van der Waals surface area contributed by atoms with Crippen LogP contribution in [0, 0.1) is 0 Å². The molecule has 2 atom stereocenters. The molecular weight excluding hydrogens is 184 g/mol. The summed E-state index contributed by atoms with van der Waals surface area (Å²) < 4.78 is 0. The molecule has 2 heteroatoms. The average Bonchev–Trinajstić information content (AvgIpc) is 2.29. The summed E-state index contributed by atoms with van der Waals surface area (Å²) in [5.41, 5.74) is 0. The van der Waals surface area contributed by atoms with E-state index in [-0.39, 0.29) is 0 Å². The Morgan fingerprint density at radius 1 is 1.40 bits per heavy atom. The molecule has 0 amide bonds. The third-order valence-electron chi connectivity index (χ3n) is 3.77. The predicted molar refractivity (Wildman–Crippen MR) is 67.3 cm³/mol. The molecule has 90 valence electrons. The number of unbranched alkanes of at least 4 members (excludes halogenated alkanes) is 2. The molecule has 0 radical (unpaired) electrons. The zero-order valence-corrected chi connectivity index (χ0v) is 10.8. The minimum absolute atomic E-state index is 0.751. The Balaban J connectivity index is 2.21. The summed E-state index contributed by atoms with van der Waals surface area (Å²) in [5, 5.41) is 3.50. The van der Waals surface area contributed by atoms with Crippen molar-refractivity contribution in [1.29, 1.82) is 0 Å². The summed E-state index contributed by atoms with van der Waals surface area (Å²) in [5.74, 6) is 0. The van der Waals surface area contributed by atoms with E-state index < -0.39 is 0 Å². The Labute approximate surface area is 95.4 Å². The SMILES string of the molecule is CCCCCC(C)N(C)C1CCCNC1. The standard InChI is InChI=1S/C13H28N2/c1-4-5-6-8-12(2)15(3)13-9-7-10-14-11-13/h12-14H,4-11H2,1-3H3. The lowest BCUT2D eigenvalue weighted by Crippen LogP contribution is -2.47. The molecule has 1 N–H and O–H groups in total. The van der Waals surface area contributed by atoms with Crippen molar-refractivity contribution in [2.75, 3.05) is 20.1 Å². The van der Waals surface area contributed by atoms with E-state index in [1.54, 1.807) is 0 Å². The molecule has 0 aromatic rings. The highest BCUT2D eigenvalue weighted by molar-refractivity contribution is 4.79. The third kappa shape index (κ3) is 4.52. The molecule has 2 nitrogen and oxygen atoms in total. The molecule has 1 aliphatic rings. The van der Waals surface area contributed by atoms with Crippen LogP contribution >= 0.6 is 0 Å². The van der Waals surface area contributed by atoms with E-state index in [0.29, 0.717) is 0 Å². The zero-order chi connectivity index (χ0) is 11.1. The number of nitrogens with one attached hydrogen (secondary N) is 1. The Morgan fingerprint density at radius 3 is 2.80 bits per heavy atom. The number of rotatable bonds is 6. The summed E-state index contributed by atoms with van der Waals surface area (Å²) in [6.07, 6.45) is 8.20. The van der Waals surface area contributed by atoms with Gasteiger partial charge in [-0.2, -0.15) is 0 Å². The first kappa shape index (κ1) is 13.0. The van der Waals surface area contributed by atoms with Crippen molar-refractivity contribution in [2.24, 2.45) is 0 Å². The van der Waals surface area contributed by atoms with Crippen LogP contribution in [-0.4, -0.2) is 37.1 Å². The molecule has 1 heterocycles. The van der Waals surface area contributed by atoms with Crippen molar-refractivity contribution < 1.29 is 0 Å². The molecule has 1 rings (SSSR count). The van der Waals surface area contributed by atoms with Crippen LogP contribution < -0.4 is 5.32 Å². The van der Waals surface area contributed by atoms with E-state index in [0.717, 1.165) is 12.1 Å². The molecule has 0 aromatic carbocycles. The van der Waals surface area contributed by atoms with Crippen molar-refractivity contribution in [3.8, 4) is 0 Å². The lowest BCUT2D eigenvalue weighted by molar-refractivity contribution is 0.147. The van der Waals surface area contributed by atoms with Gasteiger partial charge in [0.05, 0.1) is 0 Å². The fourth-order valence-electron chi connectivity index (χ4n) is 2.43. The maximum Gasteiger partial charge on any atom is 0.0220 e. The quantitative estimate of drug-likeness (QED) is 0.681. The lowest BCUT2D eigenvalue weighted by Gasteiger charge is -2.36. The van der Waals surface area contributed by atoms with E-state index >= 15 is 0 Å². The second-order valence-corrected chi connectivity index (χ2v) is 5.01. The monoisotopic (exact) mass is 212 g/mol. The van der Waals surface area contributed by atoms with Gasteiger partial charge < -0.3 is 5.32 Å². The number of hydrogen-bond acceptors (Lipinski definition) is 2. The predicted octanol–water partition coefficient (Wildman–Crippen LogP) is 2.64. The summed E-state index contributed by atoms with van der Waals surface area (Å²) in [6.45, 7) is 7.06. The van der Waals surface area contributed by atoms with Crippen LogP contribution in [0.3, 0.4) is 0 Å². The molecule has 1 aliphatic heterocycles. The fourth-order valence-corrected chi connectivity index (χ4v) is 2.43. The second-order valence-electron chi connectivity index (χ2n) is 5.01. The molecule has 0 bridgehead atoms. The molecule has 1 fully saturated rings. The smallest absolute Gasteiger partial charge is 0.0220 e. The molecule has 0 aromatic heterocycles. The van der Waals surface area contributed by atoms with E-state index in [1.165, 1.54) is 51.6 Å². The molecule has 0 saturated carbocycles. The minimum Gasteiger partial charge on any atom is -0.315 e. The minimum atomic E-state index is 0.751. The van der Waals surface area contributed by atoms with Crippen LogP contribution in [0.5, 0.6) is 0 Å². The summed E-state index contributed by atoms with van der Waals surface area (Å²) >= 11 is 0. The van der Waals surface area contributed by atoms with Crippen molar-refractivity contribution in [1.82, 2.24) is 10.2 Å². The van der Waals surface area contributed by atoms with Gasteiger partial charge in [-0.15, -0.1) is 0 Å². The topological polar surface area (TPSA) is 15.3 Å². The van der Waals surface area contributed by atoms with E-state index in [1.807, 2.05) is 0 Å². The third-order valence-corrected chi connectivity index (χ3v) is 3.77. The average molecular weight is 212 g/mol. The maximum absolute atomic E-state index is 3.50. The lowest BCUT2D eigenvalue weighted by atomic mass is 10.0. The highest BCUT2D eigenvalue weighted by Crippen LogP contribution is 2.15. The van der Waals surface area contributed by atoms with E-state index in [2.05, 4.69) is 31.1 Å². The Hall–Kier alpha value is -0.0800. The van der Waals surface area contributed by atoms with E-state index in [9.17, 15) is 0 Å². The van der Waals surface area contributed by atoms with Gasteiger partial charge in [0.1, 0.15) is 0 Å². The van der Waals surface area contributed by atoms with Crippen LogP contribution in [0.4, 0.5) is 0 Å². The molecule has 0 aliphatic carbocycles. The van der Waals surface area contributed by atoms with Gasteiger partial charge in [0.2, 0.25) is 0 Å². The number of hydrogen-bond donors (Lipinski definition) is 1. The second kappa shape index (κ2) is 7.24. The van der Waals surface area contributed by atoms with Crippen LogP contribution in [0.25, 0.3) is 0 Å². The maximum atomic E-state index is 3.50. The first-order valence-electron chi connectivity index (χ1n) is 6.68. The number of nitrogens with zero attached hydrogens (tertiary/aromatic N) is 1. The van der Waals surface area contributed by atoms with Gasteiger partial charge in [-0.25, -0.2) is 0 Å². The molecule has 1 saturated heterocycles. The summed E-state index contributed by atoms with van der Waals surface area (Å²) in [4.78, 5) is 2.59. The Bertz CT molecular complexity index is 153. The first-order valence-corrected chi connectivity index (χ1v) is 6.68. The number of likely N-dealkylation sites (N-methyl/N-ethyl adjacent to an activating group) is 1. The highest BCUT2D eigenvalue weighted by Gasteiger charge is 2.20. The van der Waals surface area contributed by atoms with Gasteiger partial charge in [-0.3, -0.25) is 4.90 Å². The van der Waals surface area contributed by atoms with Crippen LogP contribution in [0.15, 0.2) is 0 Å². The van der Waals surface area contributed by atoms with Crippen LogP contribution in [0.2, 0.25) is 0 Å². The molecule has 15 heavy (non-hydrogen) atoms.